The van der Waals surface area contributed by atoms with Crippen molar-refractivity contribution in [2.24, 2.45) is 0 Å². The van der Waals surface area contributed by atoms with E-state index in [9.17, 15) is 22.8 Å². The summed E-state index contributed by atoms with van der Waals surface area (Å²) in [6.45, 7) is 1.25. The van der Waals surface area contributed by atoms with E-state index in [0.717, 1.165) is 13.2 Å². The minimum Gasteiger partial charge on any atom is -0.458 e. The Balaban J connectivity index is 2.11. The molecule has 8 heteroatoms. The van der Waals surface area contributed by atoms with Gasteiger partial charge >= 0.3 is 18.1 Å². The van der Waals surface area contributed by atoms with Crippen LogP contribution in [-0.4, -0.2) is 31.3 Å². The summed E-state index contributed by atoms with van der Waals surface area (Å²) in [7, 11) is 1.13. The summed E-state index contributed by atoms with van der Waals surface area (Å²) in [5, 5.41) is 0. The molecule has 0 N–H and O–H groups in total. The molecule has 0 fully saturated rings. The Labute approximate surface area is 142 Å². The van der Waals surface area contributed by atoms with E-state index in [1.54, 1.807) is 6.08 Å². The van der Waals surface area contributed by atoms with Gasteiger partial charge in [0.25, 0.3) is 0 Å². The SMILES string of the molecule is COC(C(=O)OC1C=CC(OC(C)=O)C1)c1ccccc1C(F)(F)F. The highest BCUT2D eigenvalue weighted by Gasteiger charge is 2.38. The van der Waals surface area contributed by atoms with Crippen LogP contribution in [0.25, 0.3) is 0 Å². The van der Waals surface area contributed by atoms with Crippen LogP contribution in [-0.2, 0) is 30.0 Å². The second kappa shape index (κ2) is 7.69. The zero-order valence-corrected chi connectivity index (χ0v) is 13.6. The van der Waals surface area contributed by atoms with Crippen molar-refractivity contribution < 1.29 is 37.0 Å². The molecule has 3 atom stereocenters. The molecule has 1 aliphatic carbocycles. The molecule has 0 amide bonds. The van der Waals surface area contributed by atoms with Gasteiger partial charge in [-0.1, -0.05) is 18.2 Å². The number of methoxy groups -OCH3 is 1. The predicted molar refractivity (Wildman–Crippen MR) is 80.4 cm³/mol. The molecule has 0 saturated heterocycles. The van der Waals surface area contributed by atoms with Gasteiger partial charge in [-0.2, -0.15) is 13.2 Å². The number of ether oxygens (including phenoxy) is 3. The molecular weight excluding hydrogens is 341 g/mol. The molecule has 1 aromatic rings. The van der Waals surface area contributed by atoms with Gasteiger partial charge in [0.1, 0.15) is 12.2 Å². The maximum Gasteiger partial charge on any atom is 0.416 e. The van der Waals surface area contributed by atoms with Crippen molar-refractivity contribution in [1.29, 1.82) is 0 Å². The molecular formula is C17H17F3O5. The van der Waals surface area contributed by atoms with Crippen molar-refractivity contribution in [2.45, 2.75) is 37.8 Å². The van der Waals surface area contributed by atoms with E-state index in [0.29, 0.717) is 0 Å². The first-order valence-electron chi connectivity index (χ1n) is 7.47. The third-order valence-electron chi connectivity index (χ3n) is 3.59. The summed E-state index contributed by atoms with van der Waals surface area (Å²) < 4.78 is 54.5. The zero-order valence-electron chi connectivity index (χ0n) is 13.6. The van der Waals surface area contributed by atoms with E-state index >= 15 is 0 Å². The van der Waals surface area contributed by atoms with Gasteiger partial charge in [-0.25, -0.2) is 4.79 Å². The molecule has 5 nitrogen and oxygen atoms in total. The highest BCUT2D eigenvalue weighted by molar-refractivity contribution is 5.77. The molecule has 0 radical (unpaired) electrons. The predicted octanol–water partition coefficient (Wildman–Crippen LogP) is 3.20. The second-order valence-corrected chi connectivity index (χ2v) is 5.44. The van der Waals surface area contributed by atoms with E-state index in [1.807, 2.05) is 0 Å². The smallest absolute Gasteiger partial charge is 0.416 e. The standard InChI is InChI=1S/C17H17F3O5/c1-10(21)24-11-7-8-12(9-11)25-16(22)15(23-2)13-5-3-4-6-14(13)17(18,19)20/h3-8,11-12,15H,9H2,1-2H3. The topological polar surface area (TPSA) is 61.8 Å². The summed E-state index contributed by atoms with van der Waals surface area (Å²) in [4.78, 5) is 23.2. The molecule has 1 aliphatic rings. The van der Waals surface area contributed by atoms with Crippen LogP contribution >= 0.6 is 0 Å². The Bertz CT molecular complexity index is 668. The lowest BCUT2D eigenvalue weighted by Gasteiger charge is -2.21. The lowest BCUT2D eigenvalue weighted by atomic mass is 10.0. The molecule has 3 unspecified atom stereocenters. The van der Waals surface area contributed by atoms with Gasteiger partial charge in [0, 0.05) is 26.0 Å². The van der Waals surface area contributed by atoms with Gasteiger partial charge in [0.2, 0.25) is 0 Å². The average molecular weight is 358 g/mol. The van der Waals surface area contributed by atoms with Crippen molar-refractivity contribution in [1.82, 2.24) is 0 Å². The molecule has 1 aromatic carbocycles. The Morgan fingerprint density at radius 1 is 1.12 bits per heavy atom. The highest BCUT2D eigenvalue weighted by atomic mass is 19.4. The molecule has 0 bridgehead atoms. The van der Waals surface area contributed by atoms with Crippen LogP contribution in [0.3, 0.4) is 0 Å². The van der Waals surface area contributed by atoms with Crippen LogP contribution in [0, 0.1) is 0 Å². The number of carbonyl (C=O) groups excluding carboxylic acids is 2. The number of esters is 2. The number of carbonyl (C=O) groups is 2. The van der Waals surface area contributed by atoms with Crippen LogP contribution < -0.4 is 0 Å². The molecule has 0 heterocycles. The minimum atomic E-state index is -4.62. The van der Waals surface area contributed by atoms with Gasteiger partial charge in [0.05, 0.1) is 5.56 Å². The Kier molecular flexibility index (Phi) is 5.84. The lowest BCUT2D eigenvalue weighted by Crippen LogP contribution is -2.26. The number of halogens is 3. The van der Waals surface area contributed by atoms with Crippen LogP contribution in [0.5, 0.6) is 0 Å². The van der Waals surface area contributed by atoms with E-state index < -0.39 is 42.0 Å². The number of hydrogen-bond acceptors (Lipinski definition) is 5. The van der Waals surface area contributed by atoms with Crippen molar-refractivity contribution in [3.63, 3.8) is 0 Å². The van der Waals surface area contributed by atoms with E-state index in [1.165, 1.54) is 31.2 Å². The first-order valence-corrected chi connectivity index (χ1v) is 7.47. The molecule has 0 aromatic heterocycles. The number of rotatable bonds is 5. The largest absolute Gasteiger partial charge is 0.458 e. The van der Waals surface area contributed by atoms with Crippen LogP contribution in [0.4, 0.5) is 13.2 Å². The summed E-state index contributed by atoms with van der Waals surface area (Å²) >= 11 is 0. The van der Waals surface area contributed by atoms with Crippen molar-refractivity contribution >= 4 is 11.9 Å². The third kappa shape index (κ3) is 4.82. The average Bonchev–Trinajstić information content (AvgIpc) is 2.93. The van der Waals surface area contributed by atoms with Gasteiger partial charge in [0.15, 0.2) is 6.10 Å². The van der Waals surface area contributed by atoms with Gasteiger partial charge in [-0.3, -0.25) is 4.79 Å². The Hall–Kier alpha value is -2.35. The first kappa shape index (κ1) is 19.0. The maximum absolute atomic E-state index is 13.1. The van der Waals surface area contributed by atoms with Crippen molar-refractivity contribution in [2.75, 3.05) is 7.11 Å². The third-order valence-corrected chi connectivity index (χ3v) is 3.59. The van der Waals surface area contributed by atoms with E-state index in [2.05, 4.69) is 0 Å². The fraction of sp³-hybridized carbons (Fsp3) is 0.412. The summed E-state index contributed by atoms with van der Waals surface area (Å²) in [6.07, 6.45) is -4.08. The first-order chi connectivity index (χ1) is 11.7. The second-order valence-electron chi connectivity index (χ2n) is 5.44. The monoisotopic (exact) mass is 358 g/mol. The molecule has 136 valence electrons. The van der Waals surface area contributed by atoms with Gasteiger partial charge < -0.3 is 14.2 Å². The number of alkyl halides is 3. The molecule has 2 rings (SSSR count). The Morgan fingerprint density at radius 3 is 2.28 bits per heavy atom. The van der Waals surface area contributed by atoms with Crippen molar-refractivity contribution in [3.05, 3.63) is 47.5 Å². The van der Waals surface area contributed by atoms with Gasteiger partial charge in [-0.15, -0.1) is 0 Å². The molecule has 25 heavy (non-hydrogen) atoms. The minimum absolute atomic E-state index is 0.211. The normalized spacial score (nSPS) is 21.0. The summed E-state index contributed by atoms with van der Waals surface area (Å²) in [6, 6.07) is 4.66. The summed E-state index contributed by atoms with van der Waals surface area (Å²) in [5.74, 6) is -1.42. The lowest BCUT2D eigenvalue weighted by molar-refractivity contribution is -0.161. The van der Waals surface area contributed by atoms with Crippen molar-refractivity contribution in [3.8, 4) is 0 Å². The fourth-order valence-electron chi connectivity index (χ4n) is 2.57. The fourth-order valence-corrected chi connectivity index (χ4v) is 2.57. The Morgan fingerprint density at radius 2 is 1.72 bits per heavy atom. The molecule has 0 spiro atoms. The highest BCUT2D eigenvalue weighted by Crippen LogP contribution is 2.36. The van der Waals surface area contributed by atoms with Gasteiger partial charge in [-0.05, 0) is 18.2 Å². The zero-order chi connectivity index (χ0) is 18.6. The van der Waals surface area contributed by atoms with E-state index in [4.69, 9.17) is 14.2 Å². The number of benzene rings is 1. The van der Waals surface area contributed by atoms with Crippen LogP contribution in [0.2, 0.25) is 0 Å². The molecule has 0 saturated carbocycles. The quantitative estimate of drug-likeness (QED) is 0.598. The molecule has 0 aliphatic heterocycles. The van der Waals surface area contributed by atoms with Crippen LogP contribution in [0.1, 0.15) is 30.6 Å². The number of hydrogen-bond donors (Lipinski definition) is 0. The van der Waals surface area contributed by atoms with Crippen LogP contribution in [0.15, 0.2) is 36.4 Å². The summed E-state index contributed by atoms with van der Waals surface area (Å²) in [5.41, 5.74) is -1.28. The maximum atomic E-state index is 13.1. The van der Waals surface area contributed by atoms with E-state index in [-0.39, 0.29) is 12.0 Å².